The second-order valence-corrected chi connectivity index (χ2v) is 22.7. The number of likely N-dealkylation sites (N-methyl/N-ethyl adjacent to an activating group) is 1. The molecule has 0 saturated heterocycles. The topological polar surface area (TPSA) is 111 Å². The standard InChI is InChI=1S/C63H114NO8P/c1-6-8-10-12-14-16-18-20-22-24-25-26-27-28-29-30-31-32-33-34-35-36-37-38-39-40-42-44-46-48-50-52-54-56-63(66)72-61(60-71-73(67,68)70-58-57-64(3,4)5)59-69-62(65)55-53-51-49-47-45-43-41-23-21-19-17-15-13-11-9-7-2/h8,10,14,16,20,22-23,25-26,28-29,41,61H,6-7,9,11-13,15,17-19,21,24,27,30-40,42-60H2,1-5H3/b10-8-,16-14-,22-20-,26-25-,29-28-,41-23-. The molecule has 0 heterocycles. The summed E-state index contributed by atoms with van der Waals surface area (Å²) in [4.78, 5) is 37.9. The number of rotatable bonds is 55. The second-order valence-electron chi connectivity index (χ2n) is 21.3. The van der Waals surface area contributed by atoms with E-state index in [1.807, 2.05) is 21.1 Å². The smallest absolute Gasteiger partial charge is 0.306 e. The van der Waals surface area contributed by atoms with Crippen LogP contribution in [0.25, 0.3) is 0 Å². The average Bonchev–Trinajstić information content (AvgIpc) is 3.35. The number of hydrogen-bond donors (Lipinski definition) is 0. The Hall–Kier alpha value is -2.55. The summed E-state index contributed by atoms with van der Waals surface area (Å²) < 4.78 is 34.2. The summed E-state index contributed by atoms with van der Waals surface area (Å²) in [6.07, 6.45) is 71.0. The Morgan fingerprint density at radius 2 is 0.781 bits per heavy atom. The summed E-state index contributed by atoms with van der Waals surface area (Å²) in [5.41, 5.74) is 0. The van der Waals surface area contributed by atoms with Crippen LogP contribution >= 0.6 is 7.82 Å². The summed E-state index contributed by atoms with van der Waals surface area (Å²) in [7, 11) is 1.16. The summed E-state index contributed by atoms with van der Waals surface area (Å²) >= 11 is 0. The first-order valence-corrected chi connectivity index (χ1v) is 31.6. The summed E-state index contributed by atoms with van der Waals surface area (Å²) in [5.74, 6) is -0.836. The fraction of sp³-hybridized carbons (Fsp3) is 0.778. The zero-order valence-corrected chi connectivity index (χ0v) is 49.0. The molecule has 0 spiro atoms. The van der Waals surface area contributed by atoms with Crippen LogP contribution in [0, 0.1) is 0 Å². The van der Waals surface area contributed by atoms with E-state index >= 15 is 0 Å². The Morgan fingerprint density at radius 1 is 0.438 bits per heavy atom. The van der Waals surface area contributed by atoms with E-state index in [1.54, 1.807) is 0 Å². The van der Waals surface area contributed by atoms with Crippen LogP contribution in [0.4, 0.5) is 0 Å². The number of carbonyl (C=O) groups excluding carboxylic acids is 2. The number of ether oxygens (including phenoxy) is 2. The van der Waals surface area contributed by atoms with Crippen LogP contribution in [0.1, 0.15) is 264 Å². The molecule has 73 heavy (non-hydrogen) atoms. The van der Waals surface area contributed by atoms with Crippen LogP contribution in [0.15, 0.2) is 72.9 Å². The van der Waals surface area contributed by atoms with Crippen molar-refractivity contribution in [2.45, 2.75) is 270 Å². The molecule has 0 aromatic heterocycles. The van der Waals surface area contributed by atoms with Crippen LogP contribution in [0.5, 0.6) is 0 Å². The van der Waals surface area contributed by atoms with Crippen molar-refractivity contribution in [3.63, 3.8) is 0 Å². The Bertz CT molecular complexity index is 1460. The highest BCUT2D eigenvalue weighted by Gasteiger charge is 2.22. The Balaban J connectivity index is 4.06. The van der Waals surface area contributed by atoms with Gasteiger partial charge >= 0.3 is 11.9 Å². The number of unbranched alkanes of at least 4 members (excludes halogenated alkanes) is 29. The first-order valence-electron chi connectivity index (χ1n) is 30.1. The lowest BCUT2D eigenvalue weighted by Crippen LogP contribution is -2.37. The van der Waals surface area contributed by atoms with Gasteiger partial charge in [0.2, 0.25) is 0 Å². The molecule has 0 aliphatic rings. The number of quaternary nitrogens is 1. The third kappa shape index (κ3) is 58.6. The lowest BCUT2D eigenvalue weighted by atomic mass is 10.0. The molecule has 9 nitrogen and oxygen atoms in total. The number of esters is 2. The molecule has 0 N–H and O–H groups in total. The third-order valence-corrected chi connectivity index (χ3v) is 13.9. The number of carbonyl (C=O) groups is 2. The summed E-state index contributed by atoms with van der Waals surface area (Å²) in [5, 5.41) is 0. The maximum Gasteiger partial charge on any atom is 0.306 e. The quantitative estimate of drug-likeness (QED) is 0.0195. The lowest BCUT2D eigenvalue weighted by molar-refractivity contribution is -0.870. The van der Waals surface area contributed by atoms with Gasteiger partial charge in [0.25, 0.3) is 7.82 Å². The van der Waals surface area contributed by atoms with Gasteiger partial charge in [0, 0.05) is 12.8 Å². The Morgan fingerprint density at radius 3 is 1.18 bits per heavy atom. The highest BCUT2D eigenvalue weighted by atomic mass is 31.2. The van der Waals surface area contributed by atoms with Gasteiger partial charge in [0.1, 0.15) is 19.8 Å². The van der Waals surface area contributed by atoms with Crippen molar-refractivity contribution in [1.82, 2.24) is 0 Å². The molecule has 0 aromatic carbocycles. The molecule has 0 aliphatic heterocycles. The normalized spacial score (nSPS) is 13.8. The minimum Gasteiger partial charge on any atom is -0.756 e. The van der Waals surface area contributed by atoms with Crippen LogP contribution in [0.2, 0.25) is 0 Å². The van der Waals surface area contributed by atoms with Crippen LogP contribution < -0.4 is 4.89 Å². The van der Waals surface area contributed by atoms with E-state index in [1.165, 1.54) is 141 Å². The van der Waals surface area contributed by atoms with Gasteiger partial charge in [-0.15, -0.1) is 0 Å². The van der Waals surface area contributed by atoms with Gasteiger partial charge in [-0.2, -0.15) is 0 Å². The molecule has 0 aromatic rings. The molecular formula is C63H114NO8P. The van der Waals surface area contributed by atoms with Crippen molar-refractivity contribution >= 4 is 19.8 Å². The van der Waals surface area contributed by atoms with Gasteiger partial charge in [-0.3, -0.25) is 14.2 Å². The maximum atomic E-state index is 12.8. The van der Waals surface area contributed by atoms with E-state index in [0.29, 0.717) is 17.4 Å². The fourth-order valence-electron chi connectivity index (χ4n) is 8.33. The van der Waals surface area contributed by atoms with E-state index < -0.39 is 26.5 Å². The van der Waals surface area contributed by atoms with Crippen molar-refractivity contribution in [3.8, 4) is 0 Å². The molecule has 424 valence electrons. The molecule has 10 heteroatoms. The summed E-state index contributed by atoms with van der Waals surface area (Å²) in [6, 6.07) is 0. The molecule has 0 fully saturated rings. The van der Waals surface area contributed by atoms with Crippen LogP contribution in [-0.2, 0) is 32.7 Å². The van der Waals surface area contributed by atoms with Crippen molar-refractivity contribution in [3.05, 3.63) is 72.9 Å². The Labute approximate surface area is 450 Å². The first kappa shape index (κ1) is 70.5. The number of hydrogen-bond acceptors (Lipinski definition) is 8. The number of nitrogens with zero attached hydrogens (tertiary/aromatic N) is 1. The zero-order valence-electron chi connectivity index (χ0n) is 48.1. The van der Waals surface area contributed by atoms with E-state index in [4.69, 9.17) is 18.5 Å². The van der Waals surface area contributed by atoms with Gasteiger partial charge < -0.3 is 27.9 Å². The van der Waals surface area contributed by atoms with Crippen molar-refractivity contribution < 1.29 is 42.1 Å². The molecule has 0 bridgehead atoms. The van der Waals surface area contributed by atoms with Crippen LogP contribution in [-0.4, -0.2) is 70.0 Å². The van der Waals surface area contributed by atoms with Gasteiger partial charge in [0.05, 0.1) is 27.7 Å². The molecule has 0 aliphatic carbocycles. The molecule has 0 amide bonds. The number of phosphoric ester groups is 1. The largest absolute Gasteiger partial charge is 0.756 e. The monoisotopic (exact) mass is 1040 g/mol. The summed E-state index contributed by atoms with van der Waals surface area (Å²) in [6.45, 7) is 4.13. The van der Waals surface area contributed by atoms with Crippen molar-refractivity contribution in [1.29, 1.82) is 0 Å². The van der Waals surface area contributed by atoms with E-state index in [-0.39, 0.29) is 32.0 Å². The highest BCUT2D eigenvalue weighted by molar-refractivity contribution is 7.45. The molecular weight excluding hydrogens is 930 g/mol. The average molecular weight is 1040 g/mol. The van der Waals surface area contributed by atoms with E-state index in [9.17, 15) is 19.0 Å². The minimum atomic E-state index is -4.64. The van der Waals surface area contributed by atoms with Gasteiger partial charge in [0.15, 0.2) is 6.10 Å². The SMILES string of the molecule is CC/C=C\C/C=C\C/C=C\C/C=C\C/C=C\CCCCCCCCCCCCCCCCCCCC(=O)OC(COC(=O)CCCCCCC/C=C\CCCCCCCCC)COP(=O)([O-])OCC[N+](C)(C)C. The minimum absolute atomic E-state index is 0.0327. The van der Waals surface area contributed by atoms with Gasteiger partial charge in [-0.1, -0.05) is 241 Å². The first-order chi connectivity index (χ1) is 35.5. The predicted molar refractivity (Wildman–Crippen MR) is 309 cm³/mol. The molecule has 2 unspecified atom stereocenters. The third-order valence-electron chi connectivity index (χ3n) is 13.0. The van der Waals surface area contributed by atoms with Crippen LogP contribution in [0.3, 0.4) is 0 Å². The maximum absolute atomic E-state index is 12.8. The molecule has 0 saturated carbocycles. The van der Waals surface area contributed by atoms with Crippen molar-refractivity contribution in [2.75, 3.05) is 47.5 Å². The predicted octanol–water partition coefficient (Wildman–Crippen LogP) is 18.2. The van der Waals surface area contributed by atoms with E-state index in [2.05, 4.69) is 86.8 Å². The second kappa shape index (κ2) is 54.2. The molecule has 0 radical (unpaired) electrons. The van der Waals surface area contributed by atoms with E-state index in [0.717, 1.165) is 89.9 Å². The molecule has 0 rings (SSSR count). The van der Waals surface area contributed by atoms with Gasteiger partial charge in [-0.25, -0.2) is 0 Å². The zero-order chi connectivity index (χ0) is 53.5. The van der Waals surface area contributed by atoms with Gasteiger partial charge in [-0.05, 0) is 83.5 Å². The van der Waals surface area contributed by atoms with Crippen molar-refractivity contribution in [2.24, 2.45) is 0 Å². The molecule has 2 atom stereocenters. The highest BCUT2D eigenvalue weighted by Crippen LogP contribution is 2.38. The fourth-order valence-corrected chi connectivity index (χ4v) is 9.05. The number of allylic oxidation sites excluding steroid dienone is 12. The lowest BCUT2D eigenvalue weighted by Gasteiger charge is -2.28. The number of phosphoric acid groups is 1. The Kier molecular flexibility index (Phi) is 52.4.